The van der Waals surface area contributed by atoms with Crippen LogP contribution in [0.3, 0.4) is 0 Å². The van der Waals surface area contributed by atoms with Gasteiger partial charge in [-0.3, -0.25) is 4.79 Å². The molecule has 0 aliphatic heterocycles. The quantitative estimate of drug-likeness (QED) is 0.808. The number of amides is 1. The van der Waals surface area contributed by atoms with Crippen LogP contribution < -0.4 is 10.6 Å². The van der Waals surface area contributed by atoms with Crippen molar-refractivity contribution in [3.05, 3.63) is 35.9 Å². The Morgan fingerprint density at radius 2 is 1.89 bits per heavy atom. The van der Waals surface area contributed by atoms with E-state index in [1.54, 1.807) is 0 Å². The molecule has 1 aromatic rings. The van der Waals surface area contributed by atoms with Gasteiger partial charge in [-0.25, -0.2) is 0 Å². The molecule has 1 rings (SSSR count). The lowest BCUT2D eigenvalue weighted by Crippen LogP contribution is -2.43. The molecule has 3 heteroatoms. The third-order valence-corrected chi connectivity index (χ3v) is 3.17. The summed E-state index contributed by atoms with van der Waals surface area (Å²) < 4.78 is 0. The Morgan fingerprint density at radius 1 is 1.28 bits per heavy atom. The van der Waals surface area contributed by atoms with Crippen molar-refractivity contribution in [3.8, 4) is 0 Å². The number of benzene rings is 1. The fraction of sp³-hybridized carbons (Fsp3) is 0.533. The van der Waals surface area contributed by atoms with Crippen LogP contribution >= 0.6 is 0 Å². The molecule has 2 N–H and O–H groups in total. The van der Waals surface area contributed by atoms with Crippen molar-refractivity contribution in [2.45, 2.75) is 33.2 Å². The van der Waals surface area contributed by atoms with Gasteiger partial charge in [-0.2, -0.15) is 0 Å². The summed E-state index contributed by atoms with van der Waals surface area (Å²) in [5.74, 6) is 0.105. The fourth-order valence-electron chi connectivity index (χ4n) is 1.77. The Labute approximate surface area is 110 Å². The van der Waals surface area contributed by atoms with Crippen molar-refractivity contribution in [1.29, 1.82) is 0 Å². The first kappa shape index (κ1) is 14.7. The molecule has 1 amide bonds. The second kappa shape index (κ2) is 6.55. The number of likely N-dealkylation sites (N-methyl/N-ethyl adjacent to an activating group) is 1. The van der Waals surface area contributed by atoms with E-state index in [4.69, 9.17) is 0 Å². The highest BCUT2D eigenvalue weighted by Gasteiger charge is 2.27. The minimum Gasteiger partial charge on any atom is -0.354 e. The summed E-state index contributed by atoms with van der Waals surface area (Å²) in [6.07, 6.45) is 0.758. The minimum absolute atomic E-state index is 0.105. The number of hydrogen-bond donors (Lipinski definition) is 2. The van der Waals surface area contributed by atoms with E-state index in [1.165, 1.54) is 5.56 Å². The first-order valence-electron chi connectivity index (χ1n) is 6.45. The van der Waals surface area contributed by atoms with E-state index in [9.17, 15) is 4.79 Å². The Bertz CT molecular complexity index is 373. The summed E-state index contributed by atoms with van der Waals surface area (Å²) in [4.78, 5) is 12.2. The monoisotopic (exact) mass is 248 g/mol. The molecule has 0 aliphatic carbocycles. The maximum Gasteiger partial charge on any atom is 0.226 e. The molecule has 3 nitrogen and oxygen atoms in total. The van der Waals surface area contributed by atoms with Gasteiger partial charge in [0.2, 0.25) is 5.91 Å². The van der Waals surface area contributed by atoms with Gasteiger partial charge < -0.3 is 10.6 Å². The van der Waals surface area contributed by atoms with E-state index < -0.39 is 0 Å². The van der Waals surface area contributed by atoms with Crippen molar-refractivity contribution in [2.75, 3.05) is 13.6 Å². The molecule has 0 fully saturated rings. The highest BCUT2D eigenvalue weighted by atomic mass is 16.2. The second-order valence-corrected chi connectivity index (χ2v) is 5.45. The molecular formula is C15H24N2O. The molecule has 0 radical (unpaired) electrons. The summed E-state index contributed by atoms with van der Waals surface area (Å²) in [6.45, 7) is 6.68. The van der Waals surface area contributed by atoms with Gasteiger partial charge in [0, 0.05) is 18.0 Å². The lowest BCUT2D eigenvalue weighted by Gasteiger charge is -2.24. The topological polar surface area (TPSA) is 41.1 Å². The summed E-state index contributed by atoms with van der Waals surface area (Å²) in [5, 5.41) is 6.10. The molecule has 0 saturated heterocycles. The highest BCUT2D eigenvalue weighted by molar-refractivity contribution is 5.82. The van der Waals surface area contributed by atoms with Crippen molar-refractivity contribution in [2.24, 2.45) is 5.41 Å². The first-order valence-corrected chi connectivity index (χ1v) is 6.45. The SMILES string of the molecule is CNC(C)CNC(=O)C(C)(C)Cc1ccccc1. The molecule has 0 spiro atoms. The molecule has 18 heavy (non-hydrogen) atoms. The zero-order chi connectivity index (χ0) is 13.6. The predicted molar refractivity (Wildman–Crippen MR) is 75.5 cm³/mol. The normalized spacial score (nSPS) is 13.1. The number of hydrogen-bond acceptors (Lipinski definition) is 2. The van der Waals surface area contributed by atoms with Gasteiger partial charge in [0.1, 0.15) is 0 Å². The van der Waals surface area contributed by atoms with Crippen LogP contribution in [0, 0.1) is 5.41 Å². The molecule has 1 aromatic carbocycles. The predicted octanol–water partition coefficient (Wildman–Crippen LogP) is 1.98. The van der Waals surface area contributed by atoms with Gasteiger partial charge in [-0.05, 0) is 26.0 Å². The van der Waals surface area contributed by atoms with Gasteiger partial charge in [0.15, 0.2) is 0 Å². The van der Waals surface area contributed by atoms with E-state index in [2.05, 4.69) is 22.8 Å². The largest absolute Gasteiger partial charge is 0.354 e. The summed E-state index contributed by atoms with van der Waals surface area (Å²) in [7, 11) is 1.89. The number of nitrogens with one attached hydrogen (secondary N) is 2. The number of carbonyl (C=O) groups excluding carboxylic acids is 1. The minimum atomic E-state index is -0.380. The molecule has 0 aromatic heterocycles. The Kier molecular flexibility index (Phi) is 5.35. The molecule has 0 heterocycles. The van der Waals surface area contributed by atoms with Crippen molar-refractivity contribution < 1.29 is 4.79 Å². The molecule has 1 unspecified atom stereocenters. The van der Waals surface area contributed by atoms with Gasteiger partial charge in [0.25, 0.3) is 0 Å². The van der Waals surface area contributed by atoms with Crippen LogP contribution in [0.1, 0.15) is 26.3 Å². The average Bonchev–Trinajstić information content (AvgIpc) is 2.36. The van der Waals surface area contributed by atoms with Crippen LogP contribution in [0.5, 0.6) is 0 Å². The van der Waals surface area contributed by atoms with Crippen LogP contribution in [-0.4, -0.2) is 25.5 Å². The molecule has 0 aliphatic rings. The van der Waals surface area contributed by atoms with Crippen molar-refractivity contribution in [3.63, 3.8) is 0 Å². The van der Waals surface area contributed by atoms with Crippen molar-refractivity contribution in [1.82, 2.24) is 10.6 Å². The number of carbonyl (C=O) groups is 1. The van der Waals surface area contributed by atoms with Gasteiger partial charge in [0.05, 0.1) is 0 Å². The van der Waals surface area contributed by atoms with Crippen LogP contribution in [0.2, 0.25) is 0 Å². The van der Waals surface area contributed by atoms with Gasteiger partial charge in [-0.1, -0.05) is 44.2 Å². The molecule has 1 atom stereocenters. The second-order valence-electron chi connectivity index (χ2n) is 5.45. The fourth-order valence-corrected chi connectivity index (χ4v) is 1.77. The van der Waals surface area contributed by atoms with Crippen LogP contribution in [-0.2, 0) is 11.2 Å². The van der Waals surface area contributed by atoms with E-state index in [1.807, 2.05) is 46.0 Å². The third-order valence-electron chi connectivity index (χ3n) is 3.17. The van der Waals surface area contributed by atoms with Crippen LogP contribution in [0.25, 0.3) is 0 Å². The first-order chi connectivity index (χ1) is 8.45. The Morgan fingerprint density at radius 3 is 2.44 bits per heavy atom. The molecule has 0 bridgehead atoms. The third kappa shape index (κ3) is 4.49. The zero-order valence-corrected chi connectivity index (χ0v) is 11.8. The van der Waals surface area contributed by atoms with Crippen LogP contribution in [0.4, 0.5) is 0 Å². The standard InChI is InChI=1S/C15H24N2O/c1-12(16-4)11-17-14(18)15(2,3)10-13-8-6-5-7-9-13/h5-9,12,16H,10-11H2,1-4H3,(H,17,18). The van der Waals surface area contributed by atoms with E-state index in [-0.39, 0.29) is 11.3 Å². The van der Waals surface area contributed by atoms with E-state index in [0.29, 0.717) is 12.6 Å². The highest BCUT2D eigenvalue weighted by Crippen LogP contribution is 2.21. The lowest BCUT2D eigenvalue weighted by molar-refractivity contribution is -0.129. The zero-order valence-electron chi connectivity index (χ0n) is 11.8. The maximum atomic E-state index is 12.2. The van der Waals surface area contributed by atoms with Gasteiger partial charge >= 0.3 is 0 Å². The molecule has 100 valence electrons. The Hall–Kier alpha value is -1.35. The maximum absolute atomic E-state index is 12.2. The van der Waals surface area contributed by atoms with Crippen molar-refractivity contribution >= 4 is 5.91 Å². The molecular weight excluding hydrogens is 224 g/mol. The summed E-state index contributed by atoms with van der Waals surface area (Å²) in [5.41, 5.74) is 0.814. The van der Waals surface area contributed by atoms with Gasteiger partial charge in [-0.15, -0.1) is 0 Å². The number of rotatable bonds is 6. The molecule has 0 saturated carbocycles. The Balaban J connectivity index is 2.55. The van der Waals surface area contributed by atoms with E-state index in [0.717, 1.165) is 6.42 Å². The van der Waals surface area contributed by atoms with Crippen LogP contribution in [0.15, 0.2) is 30.3 Å². The smallest absolute Gasteiger partial charge is 0.226 e. The summed E-state index contributed by atoms with van der Waals surface area (Å²) in [6, 6.07) is 10.4. The lowest BCUT2D eigenvalue weighted by atomic mass is 9.85. The summed E-state index contributed by atoms with van der Waals surface area (Å²) >= 11 is 0. The average molecular weight is 248 g/mol. The van der Waals surface area contributed by atoms with E-state index >= 15 is 0 Å².